The molecule has 2 rings (SSSR count). The summed E-state index contributed by atoms with van der Waals surface area (Å²) in [6.07, 6.45) is 1.81. The van der Waals surface area contributed by atoms with E-state index >= 15 is 0 Å². The summed E-state index contributed by atoms with van der Waals surface area (Å²) in [5.41, 5.74) is 1.47. The fraction of sp³-hybridized carbons (Fsp3) is 0.357. The molecule has 2 aromatic rings. The summed E-state index contributed by atoms with van der Waals surface area (Å²) in [7, 11) is 0. The highest BCUT2D eigenvalue weighted by molar-refractivity contribution is 5.89. The summed E-state index contributed by atoms with van der Waals surface area (Å²) < 4.78 is 15.2. The molecule has 96 valence electrons. The number of benzene rings is 1. The van der Waals surface area contributed by atoms with Gasteiger partial charge in [-0.15, -0.1) is 0 Å². The minimum absolute atomic E-state index is 0.157. The number of aromatic nitrogens is 1. The lowest BCUT2D eigenvalue weighted by Crippen LogP contribution is -2.07. The van der Waals surface area contributed by atoms with Crippen molar-refractivity contribution in [3.63, 3.8) is 0 Å². The van der Waals surface area contributed by atoms with Crippen LogP contribution in [0.3, 0.4) is 0 Å². The van der Waals surface area contributed by atoms with Crippen molar-refractivity contribution in [1.29, 1.82) is 0 Å². The molecule has 1 N–H and O–H groups in total. The van der Waals surface area contributed by atoms with Crippen LogP contribution in [0.1, 0.15) is 38.3 Å². The molecule has 0 spiro atoms. The highest BCUT2D eigenvalue weighted by Gasteiger charge is 2.20. The second-order valence-corrected chi connectivity index (χ2v) is 4.81. The Kier molecular flexibility index (Phi) is 3.11. The predicted molar refractivity (Wildman–Crippen MR) is 68.3 cm³/mol. The number of carbonyl (C=O) groups is 1. The molecule has 3 nitrogen and oxygen atoms in total. The van der Waals surface area contributed by atoms with E-state index in [4.69, 9.17) is 5.11 Å². The first kappa shape index (κ1) is 12.6. The van der Waals surface area contributed by atoms with Gasteiger partial charge in [-0.1, -0.05) is 0 Å². The number of aliphatic carboxylic acids is 1. The molecule has 0 radical (unpaired) electrons. The lowest BCUT2D eigenvalue weighted by molar-refractivity contribution is -0.138. The van der Waals surface area contributed by atoms with E-state index in [1.165, 1.54) is 12.1 Å². The molecule has 18 heavy (non-hydrogen) atoms. The van der Waals surface area contributed by atoms with Crippen LogP contribution in [0.5, 0.6) is 0 Å². The molecule has 1 aromatic heterocycles. The Labute approximate surface area is 105 Å². The number of halogens is 1. The van der Waals surface area contributed by atoms with Gasteiger partial charge < -0.3 is 9.67 Å². The van der Waals surface area contributed by atoms with Crippen LogP contribution in [0.15, 0.2) is 24.4 Å². The molecule has 0 amide bonds. The van der Waals surface area contributed by atoms with Gasteiger partial charge in [0.2, 0.25) is 0 Å². The van der Waals surface area contributed by atoms with Gasteiger partial charge in [-0.2, -0.15) is 0 Å². The Morgan fingerprint density at radius 1 is 1.33 bits per heavy atom. The van der Waals surface area contributed by atoms with Crippen molar-refractivity contribution in [3.05, 3.63) is 35.8 Å². The van der Waals surface area contributed by atoms with Crippen LogP contribution in [-0.4, -0.2) is 15.6 Å². The zero-order valence-electron chi connectivity index (χ0n) is 10.6. The molecule has 0 bridgehead atoms. The summed E-state index contributed by atoms with van der Waals surface area (Å²) in [6.45, 7) is 5.62. The molecule has 4 heteroatoms. The second kappa shape index (κ2) is 4.44. The first-order valence-corrected chi connectivity index (χ1v) is 5.94. The van der Waals surface area contributed by atoms with E-state index in [1.54, 1.807) is 13.0 Å². The second-order valence-electron chi connectivity index (χ2n) is 4.81. The Bertz CT molecular complexity index is 601. The third-order valence-electron chi connectivity index (χ3n) is 3.22. The highest BCUT2D eigenvalue weighted by atomic mass is 19.1. The number of carboxylic acid groups (broad SMARTS) is 1. The van der Waals surface area contributed by atoms with Crippen LogP contribution >= 0.6 is 0 Å². The Balaban J connectivity index is 2.72. The van der Waals surface area contributed by atoms with Crippen LogP contribution in [-0.2, 0) is 4.79 Å². The van der Waals surface area contributed by atoms with Crippen LogP contribution in [0.4, 0.5) is 4.39 Å². The summed E-state index contributed by atoms with van der Waals surface area (Å²) in [5, 5.41) is 9.92. The van der Waals surface area contributed by atoms with Gasteiger partial charge in [-0.3, -0.25) is 4.79 Å². The van der Waals surface area contributed by atoms with Gasteiger partial charge in [-0.25, -0.2) is 4.39 Å². The number of rotatable bonds is 3. The first-order valence-electron chi connectivity index (χ1n) is 5.94. The summed E-state index contributed by atoms with van der Waals surface area (Å²) >= 11 is 0. The van der Waals surface area contributed by atoms with Crippen molar-refractivity contribution >= 4 is 16.9 Å². The summed E-state index contributed by atoms with van der Waals surface area (Å²) in [5.74, 6) is -1.78. The Hall–Kier alpha value is -1.84. The van der Waals surface area contributed by atoms with E-state index in [9.17, 15) is 9.18 Å². The van der Waals surface area contributed by atoms with Gasteiger partial charge in [0, 0.05) is 17.6 Å². The van der Waals surface area contributed by atoms with Gasteiger partial charge in [0.05, 0.1) is 11.4 Å². The van der Waals surface area contributed by atoms with Gasteiger partial charge >= 0.3 is 5.97 Å². The number of carboxylic acids is 1. The zero-order chi connectivity index (χ0) is 13.4. The number of nitrogens with zero attached hydrogens (tertiary/aromatic N) is 1. The van der Waals surface area contributed by atoms with Crippen molar-refractivity contribution in [2.24, 2.45) is 0 Å². The molecule has 1 aromatic carbocycles. The van der Waals surface area contributed by atoms with E-state index in [2.05, 4.69) is 0 Å². The monoisotopic (exact) mass is 249 g/mol. The van der Waals surface area contributed by atoms with Crippen molar-refractivity contribution in [2.45, 2.75) is 32.7 Å². The molecule has 0 saturated heterocycles. The molecule has 0 saturated carbocycles. The van der Waals surface area contributed by atoms with Crippen LogP contribution in [0.2, 0.25) is 0 Å². The minimum atomic E-state index is -0.873. The number of fused-ring (bicyclic) bond motifs is 1. The maximum atomic E-state index is 13.3. The number of hydrogen-bond donors (Lipinski definition) is 1. The molecule has 1 heterocycles. The van der Waals surface area contributed by atoms with Crippen LogP contribution < -0.4 is 0 Å². The van der Waals surface area contributed by atoms with Crippen molar-refractivity contribution in [1.82, 2.24) is 4.57 Å². The minimum Gasteiger partial charge on any atom is -0.481 e. The molecule has 0 aliphatic rings. The van der Waals surface area contributed by atoms with E-state index < -0.39 is 11.9 Å². The zero-order valence-corrected chi connectivity index (χ0v) is 10.6. The quantitative estimate of drug-likeness (QED) is 0.903. The molecular formula is C14H16FNO2. The van der Waals surface area contributed by atoms with E-state index in [1.807, 2.05) is 24.6 Å². The van der Waals surface area contributed by atoms with Gasteiger partial charge in [-0.05, 0) is 44.5 Å². The highest BCUT2D eigenvalue weighted by Crippen LogP contribution is 2.30. The maximum absolute atomic E-state index is 13.3. The first-order chi connectivity index (χ1) is 8.41. The average Bonchev–Trinajstić information content (AvgIpc) is 2.66. The van der Waals surface area contributed by atoms with Gasteiger partial charge in [0.1, 0.15) is 5.82 Å². The summed E-state index contributed by atoms with van der Waals surface area (Å²) in [6, 6.07) is 4.63. The normalized spacial score (nSPS) is 13.2. The third kappa shape index (κ3) is 1.98. The maximum Gasteiger partial charge on any atom is 0.310 e. The molecular weight excluding hydrogens is 233 g/mol. The van der Waals surface area contributed by atoms with Gasteiger partial charge in [0.15, 0.2) is 0 Å². The Morgan fingerprint density at radius 3 is 2.56 bits per heavy atom. The van der Waals surface area contributed by atoms with Crippen LogP contribution in [0, 0.1) is 5.82 Å². The Morgan fingerprint density at radius 2 is 2.00 bits per heavy atom. The fourth-order valence-corrected chi connectivity index (χ4v) is 2.16. The van der Waals surface area contributed by atoms with Crippen LogP contribution in [0.25, 0.3) is 10.9 Å². The lowest BCUT2D eigenvalue weighted by atomic mass is 10.0. The predicted octanol–water partition coefficient (Wildman–Crippen LogP) is 3.55. The molecule has 1 atom stereocenters. The smallest absolute Gasteiger partial charge is 0.310 e. The fourth-order valence-electron chi connectivity index (χ4n) is 2.16. The van der Waals surface area contributed by atoms with E-state index in [-0.39, 0.29) is 11.9 Å². The van der Waals surface area contributed by atoms with Crippen molar-refractivity contribution in [3.8, 4) is 0 Å². The largest absolute Gasteiger partial charge is 0.481 e. The molecule has 0 fully saturated rings. The average molecular weight is 249 g/mol. The van der Waals surface area contributed by atoms with E-state index in [0.717, 1.165) is 16.5 Å². The topological polar surface area (TPSA) is 42.2 Å². The standard InChI is InChI=1S/C14H16FNO2/c1-8(2)16-7-12(9(3)14(17)18)11-5-4-10(15)6-13(11)16/h4-9H,1-3H3,(H,17,18). The lowest BCUT2D eigenvalue weighted by Gasteiger charge is -2.08. The van der Waals surface area contributed by atoms with Crippen molar-refractivity contribution < 1.29 is 14.3 Å². The number of hydrogen-bond acceptors (Lipinski definition) is 1. The van der Waals surface area contributed by atoms with Gasteiger partial charge in [0.25, 0.3) is 0 Å². The van der Waals surface area contributed by atoms with Crippen molar-refractivity contribution in [2.75, 3.05) is 0 Å². The molecule has 1 unspecified atom stereocenters. The molecule has 0 aliphatic carbocycles. The SMILES string of the molecule is CC(C(=O)O)c1cn(C(C)C)c2cc(F)ccc12. The molecule has 0 aliphatic heterocycles. The van der Waals surface area contributed by atoms with E-state index in [0.29, 0.717) is 0 Å². The third-order valence-corrected chi connectivity index (χ3v) is 3.22. The summed E-state index contributed by atoms with van der Waals surface area (Å²) in [4.78, 5) is 11.1.